The summed E-state index contributed by atoms with van der Waals surface area (Å²) >= 11 is 5.20. The molecule has 2 rings (SSSR count). The number of carbonyl (C=O) groups is 3. The molecule has 0 unspecified atom stereocenters. The molecule has 7 nitrogen and oxygen atoms in total. The zero-order valence-corrected chi connectivity index (χ0v) is 14.7. The number of hydrogen-bond acceptors (Lipinski definition) is 5. The van der Waals surface area contributed by atoms with Gasteiger partial charge < -0.3 is 9.84 Å². The van der Waals surface area contributed by atoms with Gasteiger partial charge in [-0.2, -0.15) is 0 Å². The topological polar surface area (TPSA) is 87.1 Å². The first kappa shape index (κ1) is 18.6. The van der Waals surface area contributed by atoms with Crippen LogP contribution >= 0.6 is 12.2 Å². The summed E-state index contributed by atoms with van der Waals surface area (Å²) in [5.41, 5.74) is 0.663. The van der Waals surface area contributed by atoms with E-state index >= 15 is 0 Å². The minimum Gasteiger partial charge on any atom is -0.482 e. The van der Waals surface area contributed by atoms with Gasteiger partial charge in [0.15, 0.2) is 11.7 Å². The number of benzene rings is 1. The van der Waals surface area contributed by atoms with Crippen molar-refractivity contribution in [3.63, 3.8) is 0 Å². The monoisotopic (exact) mass is 362 g/mol. The van der Waals surface area contributed by atoms with Crippen LogP contribution in [0.15, 0.2) is 29.8 Å². The molecule has 0 aliphatic carbocycles. The molecule has 1 N–H and O–H groups in total. The standard InChI is InChI=1S/C17H18N2O5S/c1-3-18-15(22)13(16(23)19(4-2)17(18)25)9-11-5-7-12(8-6-11)24-10-14(20)21/h5-9H,3-4,10H2,1-2H3,(H,20,21). The van der Waals surface area contributed by atoms with Gasteiger partial charge in [-0.05, 0) is 49.8 Å². The normalized spacial score (nSPS) is 14.8. The van der Waals surface area contributed by atoms with Crippen molar-refractivity contribution >= 4 is 41.2 Å². The Labute approximate surface area is 150 Å². The molecule has 1 aromatic carbocycles. The van der Waals surface area contributed by atoms with Crippen molar-refractivity contribution < 1.29 is 24.2 Å². The lowest BCUT2D eigenvalue weighted by Gasteiger charge is -2.35. The quantitative estimate of drug-likeness (QED) is 0.469. The predicted molar refractivity (Wildman–Crippen MR) is 94.9 cm³/mol. The van der Waals surface area contributed by atoms with Crippen molar-refractivity contribution in [2.75, 3.05) is 19.7 Å². The van der Waals surface area contributed by atoms with E-state index in [1.165, 1.54) is 15.9 Å². The van der Waals surface area contributed by atoms with Crippen LogP contribution < -0.4 is 4.74 Å². The molecule has 1 heterocycles. The van der Waals surface area contributed by atoms with Crippen molar-refractivity contribution in [3.05, 3.63) is 35.4 Å². The third-order valence-electron chi connectivity index (χ3n) is 3.60. The van der Waals surface area contributed by atoms with Crippen LogP contribution in [0.3, 0.4) is 0 Å². The highest BCUT2D eigenvalue weighted by atomic mass is 32.1. The summed E-state index contributed by atoms with van der Waals surface area (Å²) in [7, 11) is 0. The second-order valence-electron chi connectivity index (χ2n) is 5.19. The molecule has 1 aromatic rings. The number of likely N-dealkylation sites (N-methyl/N-ethyl adjacent to an activating group) is 2. The predicted octanol–water partition coefficient (Wildman–Crippen LogP) is 1.53. The molecule has 0 atom stereocenters. The minimum absolute atomic E-state index is 0.0384. The van der Waals surface area contributed by atoms with E-state index in [9.17, 15) is 14.4 Å². The summed E-state index contributed by atoms with van der Waals surface area (Å²) in [6.07, 6.45) is 1.50. The molecule has 1 aliphatic rings. The van der Waals surface area contributed by atoms with Gasteiger partial charge in [0, 0.05) is 13.1 Å². The third-order valence-corrected chi connectivity index (χ3v) is 4.04. The fourth-order valence-corrected chi connectivity index (χ4v) is 2.78. The molecule has 0 aromatic heterocycles. The van der Waals surface area contributed by atoms with Crippen LogP contribution in [-0.2, 0) is 14.4 Å². The Morgan fingerprint density at radius 2 is 1.64 bits per heavy atom. The van der Waals surface area contributed by atoms with Gasteiger partial charge in [0.05, 0.1) is 0 Å². The first-order chi connectivity index (χ1) is 11.9. The molecule has 132 valence electrons. The number of nitrogens with zero attached hydrogens (tertiary/aromatic N) is 2. The highest BCUT2D eigenvalue weighted by Gasteiger charge is 2.37. The highest BCUT2D eigenvalue weighted by Crippen LogP contribution is 2.21. The Kier molecular flexibility index (Phi) is 5.87. The zero-order chi connectivity index (χ0) is 18.6. The Morgan fingerprint density at radius 1 is 1.12 bits per heavy atom. The molecular weight excluding hydrogens is 344 g/mol. The summed E-state index contributed by atoms with van der Waals surface area (Å²) < 4.78 is 5.05. The maximum atomic E-state index is 12.5. The van der Waals surface area contributed by atoms with E-state index in [2.05, 4.69) is 0 Å². The van der Waals surface area contributed by atoms with Crippen LogP contribution in [0.4, 0.5) is 0 Å². The molecule has 8 heteroatoms. The zero-order valence-electron chi connectivity index (χ0n) is 13.9. The molecule has 0 bridgehead atoms. The van der Waals surface area contributed by atoms with Crippen LogP contribution in [0.5, 0.6) is 5.75 Å². The molecule has 2 amide bonds. The molecule has 0 saturated carbocycles. The lowest BCUT2D eigenvalue weighted by atomic mass is 10.1. The SMILES string of the molecule is CCN1C(=O)C(=Cc2ccc(OCC(=O)O)cc2)C(=O)N(CC)C1=S. The van der Waals surface area contributed by atoms with Crippen molar-refractivity contribution in [3.8, 4) is 5.75 Å². The van der Waals surface area contributed by atoms with E-state index in [-0.39, 0.29) is 10.7 Å². The first-order valence-corrected chi connectivity index (χ1v) is 8.13. The number of thiocarbonyl (C=S) groups is 1. The Hall–Kier alpha value is -2.74. The van der Waals surface area contributed by atoms with Gasteiger partial charge in [0.25, 0.3) is 11.8 Å². The molecule has 1 fully saturated rings. The van der Waals surface area contributed by atoms with Crippen LogP contribution in [-0.4, -0.2) is 57.5 Å². The number of amides is 2. The maximum absolute atomic E-state index is 12.5. The minimum atomic E-state index is -1.07. The number of carboxylic acid groups (broad SMARTS) is 1. The third kappa shape index (κ3) is 4.03. The average molecular weight is 362 g/mol. The summed E-state index contributed by atoms with van der Waals surface area (Å²) in [6, 6.07) is 6.44. The second-order valence-corrected chi connectivity index (χ2v) is 5.56. The number of hydrogen-bond donors (Lipinski definition) is 1. The molecule has 25 heavy (non-hydrogen) atoms. The number of carbonyl (C=O) groups excluding carboxylic acids is 2. The molecule has 1 aliphatic heterocycles. The van der Waals surface area contributed by atoms with Crippen molar-refractivity contribution in [1.29, 1.82) is 0 Å². The van der Waals surface area contributed by atoms with Gasteiger partial charge in [0.1, 0.15) is 11.3 Å². The number of aliphatic carboxylic acids is 1. The summed E-state index contributed by atoms with van der Waals surface area (Å²) in [6.45, 7) is 3.90. The van der Waals surface area contributed by atoms with Crippen LogP contribution in [0.1, 0.15) is 19.4 Å². The Morgan fingerprint density at radius 3 is 2.08 bits per heavy atom. The second kappa shape index (κ2) is 7.89. The van der Waals surface area contributed by atoms with Gasteiger partial charge in [0.2, 0.25) is 0 Å². The smallest absolute Gasteiger partial charge is 0.341 e. The Balaban J connectivity index is 2.28. The van der Waals surface area contributed by atoms with Gasteiger partial charge >= 0.3 is 5.97 Å². The summed E-state index contributed by atoms with van der Waals surface area (Å²) in [5, 5.41) is 8.81. The number of carboxylic acids is 1. The molecular formula is C17H18N2O5S. The van der Waals surface area contributed by atoms with E-state index in [0.717, 1.165) is 0 Å². The number of rotatable bonds is 6. The number of ether oxygens (including phenoxy) is 1. The van der Waals surface area contributed by atoms with E-state index in [1.807, 2.05) is 0 Å². The van der Waals surface area contributed by atoms with Gasteiger partial charge in [-0.3, -0.25) is 19.4 Å². The van der Waals surface area contributed by atoms with Crippen molar-refractivity contribution in [2.45, 2.75) is 13.8 Å². The van der Waals surface area contributed by atoms with Crippen molar-refractivity contribution in [2.24, 2.45) is 0 Å². The lowest BCUT2D eigenvalue weighted by Crippen LogP contribution is -2.55. The van der Waals surface area contributed by atoms with E-state index in [0.29, 0.717) is 24.4 Å². The van der Waals surface area contributed by atoms with Crippen LogP contribution in [0.25, 0.3) is 6.08 Å². The summed E-state index contributed by atoms with van der Waals surface area (Å²) in [5.74, 6) is -1.53. The average Bonchev–Trinajstić information content (AvgIpc) is 2.58. The summed E-state index contributed by atoms with van der Waals surface area (Å²) in [4.78, 5) is 38.3. The fraction of sp³-hybridized carbons (Fsp3) is 0.294. The Bertz CT molecular complexity index is 714. The van der Waals surface area contributed by atoms with Gasteiger partial charge in [-0.1, -0.05) is 12.1 Å². The largest absolute Gasteiger partial charge is 0.482 e. The highest BCUT2D eigenvalue weighted by molar-refractivity contribution is 7.80. The van der Waals surface area contributed by atoms with E-state index < -0.39 is 24.4 Å². The maximum Gasteiger partial charge on any atom is 0.341 e. The van der Waals surface area contributed by atoms with E-state index in [4.69, 9.17) is 22.1 Å². The van der Waals surface area contributed by atoms with Gasteiger partial charge in [-0.15, -0.1) is 0 Å². The fourth-order valence-electron chi connectivity index (χ4n) is 2.35. The molecule has 1 saturated heterocycles. The van der Waals surface area contributed by atoms with Crippen molar-refractivity contribution in [1.82, 2.24) is 9.80 Å². The molecule has 0 spiro atoms. The first-order valence-electron chi connectivity index (χ1n) is 7.73. The van der Waals surface area contributed by atoms with Crippen LogP contribution in [0, 0.1) is 0 Å². The van der Waals surface area contributed by atoms with E-state index in [1.54, 1.807) is 38.1 Å². The lowest BCUT2D eigenvalue weighted by molar-refractivity contribution is -0.139. The van der Waals surface area contributed by atoms with Crippen LogP contribution in [0.2, 0.25) is 0 Å². The molecule has 0 radical (unpaired) electrons. The van der Waals surface area contributed by atoms with Gasteiger partial charge in [-0.25, -0.2) is 4.79 Å².